The van der Waals surface area contributed by atoms with Crippen LogP contribution in [0.3, 0.4) is 0 Å². The second-order valence-electron chi connectivity index (χ2n) is 5.69. The molecule has 2 aromatic heterocycles. The van der Waals surface area contributed by atoms with Crippen molar-refractivity contribution >= 4 is 5.82 Å². The Hall–Kier alpha value is -2.89. The number of benzene rings is 1. The second-order valence-corrected chi connectivity index (χ2v) is 5.69. The molecule has 0 bridgehead atoms. The van der Waals surface area contributed by atoms with E-state index in [1.165, 1.54) is 0 Å². The Kier molecular flexibility index (Phi) is 4.46. The molecule has 1 N–H and O–H groups in total. The van der Waals surface area contributed by atoms with E-state index in [0.717, 1.165) is 23.9 Å². The molecule has 2 heterocycles. The van der Waals surface area contributed by atoms with Crippen molar-refractivity contribution in [3.63, 3.8) is 0 Å². The van der Waals surface area contributed by atoms with E-state index in [0.29, 0.717) is 17.9 Å². The third-order valence-electron chi connectivity index (χ3n) is 3.90. The summed E-state index contributed by atoms with van der Waals surface area (Å²) in [5, 5.41) is 10.1. The second kappa shape index (κ2) is 6.70. The first kappa shape index (κ1) is 16.0. The Morgan fingerprint density at radius 3 is 2.75 bits per heavy atom. The molecule has 6 nitrogen and oxygen atoms in total. The molecule has 0 saturated heterocycles. The van der Waals surface area contributed by atoms with Gasteiger partial charge < -0.3 is 14.6 Å². The molecule has 124 valence electrons. The van der Waals surface area contributed by atoms with E-state index in [4.69, 9.17) is 0 Å². The fraction of sp³-hybridized carbons (Fsp3) is 0.278. The maximum absolute atomic E-state index is 10.1. The Labute approximate surface area is 141 Å². The van der Waals surface area contributed by atoms with Gasteiger partial charge in [-0.25, -0.2) is 15.0 Å². The van der Waals surface area contributed by atoms with Crippen LogP contribution in [0.25, 0.3) is 11.4 Å². The van der Waals surface area contributed by atoms with Crippen LogP contribution in [-0.2, 0) is 13.1 Å². The van der Waals surface area contributed by atoms with Gasteiger partial charge in [0, 0.05) is 37.7 Å². The molecule has 0 aliphatic rings. The molecule has 0 amide bonds. The van der Waals surface area contributed by atoms with Crippen LogP contribution >= 0.6 is 0 Å². The molecule has 0 radical (unpaired) electrons. The lowest BCUT2D eigenvalue weighted by Crippen LogP contribution is -2.21. The van der Waals surface area contributed by atoms with Crippen molar-refractivity contribution in [2.24, 2.45) is 0 Å². The summed E-state index contributed by atoms with van der Waals surface area (Å²) in [4.78, 5) is 15.5. The van der Waals surface area contributed by atoms with Crippen molar-refractivity contribution in [3.05, 3.63) is 54.2 Å². The number of aromatic nitrogens is 4. The molecule has 24 heavy (non-hydrogen) atoms. The number of hydrogen-bond donors (Lipinski definition) is 1. The summed E-state index contributed by atoms with van der Waals surface area (Å²) in [5.74, 6) is 2.48. The average Bonchev–Trinajstić information content (AvgIpc) is 3.01. The lowest BCUT2D eigenvalue weighted by molar-refractivity contribution is 0.477. The number of phenolic OH excluding ortho intramolecular Hbond substituents is 1. The highest BCUT2D eigenvalue weighted by molar-refractivity contribution is 5.65. The molecule has 3 aromatic rings. The molecule has 0 saturated carbocycles. The third-order valence-corrected chi connectivity index (χ3v) is 3.90. The van der Waals surface area contributed by atoms with Gasteiger partial charge in [-0.3, -0.25) is 0 Å². The largest absolute Gasteiger partial charge is 0.507 e. The van der Waals surface area contributed by atoms with Gasteiger partial charge in [-0.1, -0.05) is 12.1 Å². The molecular formula is C18H21N5O. The first-order valence-electron chi connectivity index (χ1n) is 7.93. The van der Waals surface area contributed by atoms with Crippen molar-refractivity contribution in [2.45, 2.75) is 26.9 Å². The SMILES string of the molecule is CCn1ccnc1CN(C)c1cc(C)nc(-c2ccccc2O)n1. The summed E-state index contributed by atoms with van der Waals surface area (Å²) in [6, 6.07) is 9.04. The fourth-order valence-corrected chi connectivity index (χ4v) is 2.60. The van der Waals surface area contributed by atoms with Crippen LogP contribution in [0.15, 0.2) is 42.7 Å². The molecule has 0 atom stereocenters. The number of nitrogens with zero attached hydrogens (tertiary/aromatic N) is 5. The number of imidazole rings is 1. The highest BCUT2D eigenvalue weighted by atomic mass is 16.3. The lowest BCUT2D eigenvalue weighted by atomic mass is 10.2. The van der Waals surface area contributed by atoms with E-state index in [-0.39, 0.29) is 5.75 Å². The number of anilines is 1. The van der Waals surface area contributed by atoms with Crippen molar-refractivity contribution < 1.29 is 5.11 Å². The smallest absolute Gasteiger partial charge is 0.165 e. The molecular weight excluding hydrogens is 302 g/mol. The van der Waals surface area contributed by atoms with Gasteiger partial charge in [0.25, 0.3) is 0 Å². The number of para-hydroxylation sites is 1. The lowest BCUT2D eigenvalue weighted by Gasteiger charge is -2.19. The Balaban J connectivity index is 1.92. The topological polar surface area (TPSA) is 67.1 Å². The van der Waals surface area contributed by atoms with Crippen LogP contribution in [0.5, 0.6) is 5.75 Å². The van der Waals surface area contributed by atoms with Gasteiger partial charge in [0.15, 0.2) is 5.82 Å². The van der Waals surface area contributed by atoms with Crippen molar-refractivity contribution in [2.75, 3.05) is 11.9 Å². The molecule has 1 aromatic carbocycles. The van der Waals surface area contributed by atoms with Gasteiger partial charge in [-0.05, 0) is 26.0 Å². The molecule has 0 fully saturated rings. The summed E-state index contributed by atoms with van der Waals surface area (Å²) in [5.41, 5.74) is 1.48. The van der Waals surface area contributed by atoms with Gasteiger partial charge in [0.1, 0.15) is 17.4 Å². The minimum atomic E-state index is 0.179. The first-order valence-corrected chi connectivity index (χ1v) is 7.93. The quantitative estimate of drug-likeness (QED) is 0.782. The number of aryl methyl sites for hydroxylation is 2. The number of aromatic hydroxyl groups is 1. The summed E-state index contributed by atoms with van der Waals surface area (Å²) in [6.07, 6.45) is 3.78. The number of hydrogen-bond acceptors (Lipinski definition) is 5. The average molecular weight is 323 g/mol. The van der Waals surface area contributed by atoms with E-state index in [9.17, 15) is 5.11 Å². The molecule has 0 aliphatic carbocycles. The van der Waals surface area contributed by atoms with Gasteiger partial charge in [-0.2, -0.15) is 0 Å². The van der Waals surface area contributed by atoms with Crippen LogP contribution < -0.4 is 4.90 Å². The predicted octanol–water partition coefficient (Wildman–Crippen LogP) is 3.01. The first-order chi connectivity index (χ1) is 11.6. The Morgan fingerprint density at radius 1 is 1.21 bits per heavy atom. The third kappa shape index (κ3) is 3.22. The molecule has 0 spiro atoms. The van der Waals surface area contributed by atoms with Crippen molar-refractivity contribution in [3.8, 4) is 17.1 Å². The maximum Gasteiger partial charge on any atom is 0.165 e. The molecule has 3 rings (SSSR count). The minimum absolute atomic E-state index is 0.179. The van der Waals surface area contributed by atoms with Crippen LogP contribution in [0.4, 0.5) is 5.82 Å². The fourth-order valence-electron chi connectivity index (χ4n) is 2.60. The van der Waals surface area contributed by atoms with E-state index in [2.05, 4.69) is 26.4 Å². The van der Waals surface area contributed by atoms with E-state index < -0.39 is 0 Å². The summed E-state index contributed by atoms with van der Waals surface area (Å²) in [6.45, 7) is 5.55. The highest BCUT2D eigenvalue weighted by Crippen LogP contribution is 2.27. The predicted molar refractivity (Wildman–Crippen MR) is 93.9 cm³/mol. The van der Waals surface area contributed by atoms with Crippen LogP contribution in [0.2, 0.25) is 0 Å². The van der Waals surface area contributed by atoms with Gasteiger partial charge in [0.2, 0.25) is 0 Å². The van der Waals surface area contributed by atoms with E-state index in [1.54, 1.807) is 12.1 Å². The zero-order valence-electron chi connectivity index (χ0n) is 14.1. The molecule has 0 aliphatic heterocycles. The molecule has 6 heteroatoms. The van der Waals surface area contributed by atoms with Crippen LogP contribution in [0, 0.1) is 6.92 Å². The van der Waals surface area contributed by atoms with Crippen molar-refractivity contribution in [1.29, 1.82) is 0 Å². The summed E-state index contributed by atoms with van der Waals surface area (Å²) in [7, 11) is 1.98. The zero-order valence-corrected chi connectivity index (χ0v) is 14.1. The standard InChI is InChI=1S/C18H21N5O/c1-4-23-10-9-19-17(23)12-22(3)16-11-13(2)20-18(21-16)14-7-5-6-8-15(14)24/h5-11,24H,4,12H2,1-3H3. The number of phenols is 1. The summed E-state index contributed by atoms with van der Waals surface area (Å²) < 4.78 is 2.11. The number of rotatable bonds is 5. The van der Waals surface area contributed by atoms with Gasteiger partial charge in [-0.15, -0.1) is 0 Å². The molecule has 0 unspecified atom stereocenters. The Morgan fingerprint density at radius 2 is 2.00 bits per heavy atom. The highest BCUT2D eigenvalue weighted by Gasteiger charge is 2.13. The minimum Gasteiger partial charge on any atom is -0.507 e. The Bertz CT molecular complexity index is 843. The van der Waals surface area contributed by atoms with Crippen molar-refractivity contribution in [1.82, 2.24) is 19.5 Å². The van der Waals surface area contributed by atoms with Crippen LogP contribution in [0.1, 0.15) is 18.4 Å². The van der Waals surface area contributed by atoms with Crippen LogP contribution in [-0.4, -0.2) is 31.7 Å². The van der Waals surface area contributed by atoms with Gasteiger partial charge >= 0.3 is 0 Å². The normalized spacial score (nSPS) is 10.8. The van der Waals surface area contributed by atoms with E-state index in [1.807, 2.05) is 49.5 Å². The monoisotopic (exact) mass is 323 g/mol. The zero-order chi connectivity index (χ0) is 17.1. The van der Waals surface area contributed by atoms with E-state index >= 15 is 0 Å². The summed E-state index contributed by atoms with van der Waals surface area (Å²) >= 11 is 0. The van der Waals surface area contributed by atoms with Gasteiger partial charge in [0.05, 0.1) is 12.1 Å². The maximum atomic E-state index is 10.1.